The molecular formula is C14H23N3O2. The lowest BCUT2D eigenvalue weighted by molar-refractivity contribution is -0.120. The zero-order valence-electron chi connectivity index (χ0n) is 11.8. The van der Waals surface area contributed by atoms with Gasteiger partial charge in [-0.15, -0.1) is 0 Å². The molecule has 0 fully saturated rings. The van der Waals surface area contributed by atoms with Gasteiger partial charge in [0, 0.05) is 13.7 Å². The molecule has 106 valence electrons. The summed E-state index contributed by atoms with van der Waals surface area (Å²) in [7, 11) is 1.66. The monoisotopic (exact) mass is 265 g/mol. The van der Waals surface area contributed by atoms with E-state index in [4.69, 9.17) is 10.5 Å². The van der Waals surface area contributed by atoms with Crippen molar-refractivity contribution >= 4 is 17.3 Å². The van der Waals surface area contributed by atoms with Crippen molar-refractivity contribution in [3.63, 3.8) is 0 Å². The Kier molecular flexibility index (Phi) is 6.32. The number of carbonyl (C=O) groups excluding carboxylic acids is 1. The van der Waals surface area contributed by atoms with Crippen molar-refractivity contribution in [2.24, 2.45) is 0 Å². The third-order valence-corrected chi connectivity index (χ3v) is 3.13. The van der Waals surface area contributed by atoms with Crippen LogP contribution < -0.4 is 11.1 Å². The first-order chi connectivity index (χ1) is 9.10. The number of rotatable bonds is 7. The molecule has 0 aliphatic heterocycles. The number of carbonyl (C=O) groups is 1. The molecule has 3 N–H and O–H groups in total. The largest absolute Gasteiger partial charge is 0.397 e. The number of hydrogen-bond acceptors (Lipinski definition) is 4. The highest BCUT2D eigenvalue weighted by molar-refractivity contribution is 5.97. The number of likely N-dealkylation sites (N-methyl/N-ethyl adjacent to an activating group) is 1. The molecule has 5 nitrogen and oxygen atoms in total. The topological polar surface area (TPSA) is 67.6 Å². The average Bonchev–Trinajstić information content (AvgIpc) is 2.42. The summed E-state index contributed by atoms with van der Waals surface area (Å²) >= 11 is 0. The Bertz CT molecular complexity index is 409. The van der Waals surface area contributed by atoms with Crippen LogP contribution in [0.25, 0.3) is 0 Å². The van der Waals surface area contributed by atoms with Crippen molar-refractivity contribution in [2.45, 2.75) is 19.9 Å². The van der Waals surface area contributed by atoms with E-state index in [0.717, 1.165) is 13.1 Å². The molecule has 0 heterocycles. The maximum absolute atomic E-state index is 12.2. The second-order valence-electron chi connectivity index (χ2n) is 4.37. The molecule has 1 rings (SSSR count). The van der Waals surface area contributed by atoms with Gasteiger partial charge < -0.3 is 15.8 Å². The van der Waals surface area contributed by atoms with Crippen molar-refractivity contribution < 1.29 is 9.53 Å². The molecular weight excluding hydrogens is 242 g/mol. The number of ether oxygens (including phenoxy) is 1. The molecule has 19 heavy (non-hydrogen) atoms. The van der Waals surface area contributed by atoms with Gasteiger partial charge in [0.2, 0.25) is 5.91 Å². The molecule has 1 aromatic rings. The third kappa shape index (κ3) is 4.54. The Hall–Kier alpha value is -1.59. The summed E-state index contributed by atoms with van der Waals surface area (Å²) in [6, 6.07) is 7.03. The van der Waals surface area contributed by atoms with E-state index >= 15 is 0 Å². The minimum absolute atomic E-state index is 0.0594. The van der Waals surface area contributed by atoms with Crippen LogP contribution in [-0.4, -0.2) is 43.7 Å². The van der Waals surface area contributed by atoms with E-state index in [1.807, 2.05) is 26.0 Å². The van der Waals surface area contributed by atoms with Crippen LogP contribution in [0.15, 0.2) is 24.3 Å². The van der Waals surface area contributed by atoms with Crippen LogP contribution in [0.2, 0.25) is 0 Å². The minimum Gasteiger partial charge on any atom is -0.397 e. The van der Waals surface area contributed by atoms with E-state index in [0.29, 0.717) is 18.0 Å². The van der Waals surface area contributed by atoms with Gasteiger partial charge in [-0.25, -0.2) is 0 Å². The Morgan fingerprint density at radius 2 is 2.16 bits per heavy atom. The molecule has 0 saturated heterocycles. The number of nitrogens with two attached hydrogens (primary N) is 1. The van der Waals surface area contributed by atoms with Gasteiger partial charge in [0.15, 0.2) is 0 Å². The van der Waals surface area contributed by atoms with Gasteiger partial charge in [-0.3, -0.25) is 9.69 Å². The van der Waals surface area contributed by atoms with Crippen LogP contribution in [0.1, 0.15) is 13.8 Å². The predicted octanol–water partition coefficient (Wildman–Crippen LogP) is 1.56. The average molecular weight is 265 g/mol. The second-order valence-corrected chi connectivity index (χ2v) is 4.37. The third-order valence-electron chi connectivity index (χ3n) is 3.13. The number of nitrogens with one attached hydrogen (secondary N) is 1. The Labute approximate surface area is 114 Å². The van der Waals surface area contributed by atoms with Gasteiger partial charge in [-0.1, -0.05) is 19.1 Å². The quantitative estimate of drug-likeness (QED) is 0.734. The van der Waals surface area contributed by atoms with E-state index in [1.54, 1.807) is 19.2 Å². The molecule has 0 aliphatic carbocycles. The highest BCUT2D eigenvalue weighted by atomic mass is 16.5. The summed E-state index contributed by atoms with van der Waals surface area (Å²) in [6.07, 6.45) is 0. The van der Waals surface area contributed by atoms with Gasteiger partial charge in [0.25, 0.3) is 0 Å². The van der Waals surface area contributed by atoms with E-state index in [2.05, 4.69) is 10.2 Å². The highest BCUT2D eigenvalue weighted by Gasteiger charge is 2.20. The van der Waals surface area contributed by atoms with Crippen LogP contribution in [0, 0.1) is 0 Å². The number of methoxy groups -OCH3 is 1. The molecule has 0 saturated carbocycles. The second kappa shape index (κ2) is 7.76. The fourth-order valence-electron chi connectivity index (χ4n) is 1.85. The van der Waals surface area contributed by atoms with E-state index in [9.17, 15) is 4.79 Å². The van der Waals surface area contributed by atoms with Crippen LogP contribution >= 0.6 is 0 Å². The molecule has 0 aromatic heterocycles. The lowest BCUT2D eigenvalue weighted by atomic mass is 10.2. The first-order valence-corrected chi connectivity index (χ1v) is 6.48. The Morgan fingerprint density at radius 1 is 1.47 bits per heavy atom. The standard InChI is InChI=1S/C14H23N3O2/c1-4-17(9-10-19-3)11(2)14(18)16-13-8-6-5-7-12(13)15/h5-8,11H,4,9-10,15H2,1-3H3,(H,16,18). The van der Waals surface area contributed by atoms with Gasteiger partial charge in [-0.05, 0) is 25.6 Å². The Morgan fingerprint density at radius 3 is 2.74 bits per heavy atom. The van der Waals surface area contributed by atoms with Gasteiger partial charge in [0.1, 0.15) is 0 Å². The van der Waals surface area contributed by atoms with Crippen molar-refractivity contribution in [3.8, 4) is 0 Å². The SMILES string of the molecule is CCN(CCOC)C(C)C(=O)Nc1ccccc1N. The lowest BCUT2D eigenvalue weighted by Crippen LogP contribution is -2.43. The normalized spacial score (nSPS) is 12.4. The van der Waals surface area contributed by atoms with Crippen molar-refractivity contribution in [1.82, 2.24) is 4.90 Å². The predicted molar refractivity (Wildman–Crippen MR) is 78.1 cm³/mol. The van der Waals surface area contributed by atoms with Crippen LogP contribution in [-0.2, 0) is 9.53 Å². The smallest absolute Gasteiger partial charge is 0.241 e. The molecule has 1 aromatic carbocycles. The number of amides is 1. The molecule has 0 radical (unpaired) electrons. The lowest BCUT2D eigenvalue weighted by Gasteiger charge is -2.26. The summed E-state index contributed by atoms with van der Waals surface area (Å²) in [4.78, 5) is 14.2. The first-order valence-electron chi connectivity index (χ1n) is 6.48. The molecule has 0 bridgehead atoms. The first kappa shape index (κ1) is 15.5. The van der Waals surface area contributed by atoms with Crippen molar-refractivity contribution in [1.29, 1.82) is 0 Å². The summed E-state index contributed by atoms with van der Waals surface area (Å²) in [5, 5.41) is 2.85. The fourth-order valence-corrected chi connectivity index (χ4v) is 1.85. The summed E-state index contributed by atoms with van der Waals surface area (Å²) < 4.78 is 5.05. The summed E-state index contributed by atoms with van der Waals surface area (Å²) in [6.45, 7) is 6.04. The summed E-state index contributed by atoms with van der Waals surface area (Å²) in [5.74, 6) is -0.0594. The number of nitrogens with zero attached hydrogens (tertiary/aromatic N) is 1. The fraction of sp³-hybridized carbons (Fsp3) is 0.500. The zero-order valence-corrected chi connectivity index (χ0v) is 11.8. The number of para-hydroxylation sites is 2. The van der Waals surface area contributed by atoms with Crippen LogP contribution in [0.5, 0.6) is 0 Å². The molecule has 1 atom stereocenters. The summed E-state index contributed by atoms with van der Waals surface area (Å²) in [5.41, 5.74) is 7.04. The van der Waals surface area contributed by atoms with E-state index in [-0.39, 0.29) is 11.9 Å². The molecule has 1 unspecified atom stereocenters. The molecule has 1 amide bonds. The number of nitrogen functional groups attached to an aromatic ring is 1. The van der Waals surface area contributed by atoms with Gasteiger partial charge >= 0.3 is 0 Å². The number of benzene rings is 1. The van der Waals surface area contributed by atoms with Gasteiger partial charge in [-0.2, -0.15) is 0 Å². The number of anilines is 2. The van der Waals surface area contributed by atoms with Crippen LogP contribution in [0.3, 0.4) is 0 Å². The van der Waals surface area contributed by atoms with Crippen molar-refractivity contribution in [3.05, 3.63) is 24.3 Å². The Balaban J connectivity index is 2.63. The van der Waals surface area contributed by atoms with E-state index < -0.39 is 0 Å². The highest BCUT2D eigenvalue weighted by Crippen LogP contribution is 2.17. The zero-order chi connectivity index (χ0) is 14.3. The van der Waals surface area contributed by atoms with Gasteiger partial charge in [0.05, 0.1) is 24.0 Å². The molecule has 0 spiro atoms. The van der Waals surface area contributed by atoms with E-state index in [1.165, 1.54) is 0 Å². The maximum Gasteiger partial charge on any atom is 0.241 e. The van der Waals surface area contributed by atoms with Crippen LogP contribution in [0.4, 0.5) is 11.4 Å². The molecule has 0 aliphatic rings. The van der Waals surface area contributed by atoms with Crippen molar-refractivity contribution in [2.75, 3.05) is 37.9 Å². The number of hydrogen-bond donors (Lipinski definition) is 2. The maximum atomic E-state index is 12.2. The molecule has 5 heteroatoms. The minimum atomic E-state index is -0.222.